The average Bonchev–Trinajstić information content (AvgIpc) is 2.67. The molecule has 0 amide bonds. The maximum absolute atomic E-state index is 15.2. The summed E-state index contributed by atoms with van der Waals surface area (Å²) in [7, 11) is 0. The van der Waals surface area contributed by atoms with E-state index < -0.39 is 87.1 Å². The molecule has 172 valence electrons. The van der Waals surface area contributed by atoms with Crippen molar-refractivity contribution in [3.63, 3.8) is 0 Å². The molecule has 0 heterocycles. The van der Waals surface area contributed by atoms with Crippen LogP contribution in [0.25, 0.3) is 0 Å². The van der Waals surface area contributed by atoms with E-state index in [4.69, 9.17) is 0 Å². The number of halogens is 16. The van der Waals surface area contributed by atoms with Crippen LogP contribution in [0.4, 0.5) is 70.2 Å². The number of alkyl halides is 6. The summed E-state index contributed by atoms with van der Waals surface area (Å²) in [5.74, 6) is -42.6. The Kier molecular flexibility index (Phi) is 5.70. The molecular weight excluding hydrogens is 484 g/mol. The lowest BCUT2D eigenvalue weighted by Crippen LogP contribution is -2.55. The molecule has 2 aromatic carbocycles. The monoisotopic (exact) mass is 484 g/mol. The van der Waals surface area contributed by atoms with Gasteiger partial charge in [0.2, 0.25) is 17.3 Å². The summed E-state index contributed by atoms with van der Waals surface area (Å²) in [4.78, 5) is 0. The van der Waals surface area contributed by atoms with Crippen molar-refractivity contribution >= 4 is 0 Å². The third-order valence-electron chi connectivity index (χ3n) is 3.90. The molecule has 0 atom stereocenters. The van der Waals surface area contributed by atoms with Gasteiger partial charge >= 0.3 is 12.1 Å². The molecule has 2 rings (SSSR count). The molecule has 0 spiro atoms. The first-order valence-corrected chi connectivity index (χ1v) is 7.02. The van der Waals surface area contributed by atoms with E-state index in [1.165, 1.54) is 0 Å². The third-order valence-corrected chi connectivity index (χ3v) is 3.90. The normalized spacial score (nSPS) is 13.2. The molecule has 0 aliphatic rings. The van der Waals surface area contributed by atoms with Crippen LogP contribution >= 0.6 is 0 Å². The number of hydrogen-bond acceptors (Lipinski definition) is 0. The summed E-state index contributed by atoms with van der Waals surface area (Å²) in [6, 6.07) is 0. The van der Waals surface area contributed by atoms with Crippen molar-refractivity contribution < 1.29 is 70.2 Å². The first kappa shape index (κ1) is 24.6. The summed E-state index contributed by atoms with van der Waals surface area (Å²) in [5, 5.41) is 0. The van der Waals surface area contributed by atoms with Crippen LogP contribution in [0, 0.1) is 58.2 Å². The highest BCUT2D eigenvalue weighted by molar-refractivity contribution is 5.44. The van der Waals surface area contributed by atoms with Crippen molar-refractivity contribution in [3.05, 3.63) is 69.3 Å². The standard InChI is InChI=1S/C15F16/c16-3-1(4(17)8(21)11(24)7(3)20)13(26,14(27,28)15(29,30)31)2-5(18)9(22)12(25)10(23)6(2)19. The van der Waals surface area contributed by atoms with E-state index in [1.807, 2.05) is 0 Å². The highest BCUT2D eigenvalue weighted by atomic mass is 19.4. The lowest BCUT2D eigenvalue weighted by molar-refractivity contribution is -0.324. The summed E-state index contributed by atoms with van der Waals surface area (Å²) in [5.41, 5.74) is -14.6. The van der Waals surface area contributed by atoms with Gasteiger partial charge in [-0.15, -0.1) is 0 Å². The van der Waals surface area contributed by atoms with Crippen LogP contribution in [0.5, 0.6) is 0 Å². The first-order valence-electron chi connectivity index (χ1n) is 7.02. The van der Waals surface area contributed by atoms with E-state index in [0.29, 0.717) is 0 Å². The van der Waals surface area contributed by atoms with E-state index in [-0.39, 0.29) is 0 Å². The molecule has 0 N–H and O–H groups in total. The predicted octanol–water partition coefficient (Wildman–Crippen LogP) is 6.49. The fraction of sp³-hybridized carbons (Fsp3) is 0.200. The predicted molar refractivity (Wildman–Crippen MR) is 65.4 cm³/mol. The van der Waals surface area contributed by atoms with Crippen LogP contribution in [0.2, 0.25) is 0 Å². The fourth-order valence-corrected chi connectivity index (χ4v) is 2.45. The van der Waals surface area contributed by atoms with Gasteiger partial charge in [0.25, 0.3) is 0 Å². The molecule has 0 bridgehead atoms. The molecule has 2 aromatic rings. The van der Waals surface area contributed by atoms with E-state index in [0.717, 1.165) is 0 Å². The molecule has 0 radical (unpaired) electrons. The van der Waals surface area contributed by atoms with Crippen LogP contribution in [-0.2, 0) is 5.67 Å². The highest BCUT2D eigenvalue weighted by Gasteiger charge is 2.76. The summed E-state index contributed by atoms with van der Waals surface area (Å²) in [6.45, 7) is 0. The van der Waals surface area contributed by atoms with Crippen molar-refractivity contribution in [3.8, 4) is 0 Å². The quantitative estimate of drug-likeness (QED) is 0.266. The first-order chi connectivity index (χ1) is 13.9. The summed E-state index contributed by atoms with van der Waals surface area (Å²) in [6.07, 6.45) is -7.43. The van der Waals surface area contributed by atoms with Crippen LogP contribution in [-0.4, -0.2) is 12.1 Å². The van der Waals surface area contributed by atoms with Crippen LogP contribution in [0.1, 0.15) is 11.1 Å². The van der Waals surface area contributed by atoms with Gasteiger partial charge in [-0.05, 0) is 0 Å². The summed E-state index contributed by atoms with van der Waals surface area (Å²) >= 11 is 0. The zero-order chi connectivity index (χ0) is 24.4. The molecule has 16 heteroatoms. The second kappa shape index (κ2) is 7.19. The second-order valence-electron chi connectivity index (χ2n) is 5.62. The van der Waals surface area contributed by atoms with Crippen molar-refractivity contribution in [2.45, 2.75) is 17.8 Å². The van der Waals surface area contributed by atoms with E-state index >= 15 is 4.39 Å². The molecule has 31 heavy (non-hydrogen) atoms. The number of hydrogen-bond donors (Lipinski definition) is 0. The minimum Gasteiger partial charge on any atom is -0.226 e. The van der Waals surface area contributed by atoms with Gasteiger partial charge in [-0.2, -0.15) is 22.0 Å². The highest BCUT2D eigenvalue weighted by Crippen LogP contribution is 2.57. The van der Waals surface area contributed by atoms with Crippen LogP contribution in [0.3, 0.4) is 0 Å². The van der Waals surface area contributed by atoms with Crippen LogP contribution < -0.4 is 0 Å². The summed E-state index contributed by atoms with van der Waals surface area (Å²) < 4.78 is 216. The maximum Gasteiger partial charge on any atom is 0.457 e. The van der Waals surface area contributed by atoms with Crippen molar-refractivity contribution in [1.29, 1.82) is 0 Å². The van der Waals surface area contributed by atoms with Gasteiger partial charge in [0.1, 0.15) is 0 Å². The molecule has 0 nitrogen and oxygen atoms in total. The maximum atomic E-state index is 15.2. The Bertz CT molecular complexity index is 939. The fourth-order valence-electron chi connectivity index (χ4n) is 2.45. The Morgan fingerprint density at radius 1 is 0.323 bits per heavy atom. The largest absolute Gasteiger partial charge is 0.457 e. The molecule has 0 aliphatic carbocycles. The van der Waals surface area contributed by atoms with Crippen LogP contribution in [0.15, 0.2) is 0 Å². The van der Waals surface area contributed by atoms with Crippen molar-refractivity contribution in [1.82, 2.24) is 0 Å². The topological polar surface area (TPSA) is 0 Å². The molecule has 0 unspecified atom stereocenters. The van der Waals surface area contributed by atoms with E-state index in [9.17, 15) is 65.9 Å². The van der Waals surface area contributed by atoms with Gasteiger partial charge in [-0.3, -0.25) is 0 Å². The van der Waals surface area contributed by atoms with Gasteiger partial charge in [-0.1, -0.05) is 0 Å². The Morgan fingerprint density at radius 2 is 0.516 bits per heavy atom. The van der Waals surface area contributed by atoms with Gasteiger partial charge in [0.15, 0.2) is 46.5 Å². The second-order valence-corrected chi connectivity index (χ2v) is 5.62. The average molecular weight is 484 g/mol. The Morgan fingerprint density at radius 3 is 0.710 bits per heavy atom. The Balaban J connectivity index is 3.29. The minimum atomic E-state index is -7.52. The zero-order valence-corrected chi connectivity index (χ0v) is 13.5. The molecule has 0 saturated carbocycles. The lowest BCUT2D eigenvalue weighted by Gasteiger charge is -2.36. The Hall–Kier alpha value is -2.68. The van der Waals surface area contributed by atoms with E-state index in [2.05, 4.69) is 0 Å². The minimum absolute atomic E-state index is 3.23. The SMILES string of the molecule is Fc1c(F)c(F)c(C(F)(c2c(F)c(F)c(F)c(F)c2F)C(F)(F)C(F)(F)F)c(F)c1F. The van der Waals surface area contributed by atoms with Crippen molar-refractivity contribution in [2.75, 3.05) is 0 Å². The van der Waals surface area contributed by atoms with E-state index in [1.54, 1.807) is 0 Å². The molecule has 0 aliphatic heterocycles. The number of rotatable bonds is 3. The zero-order valence-electron chi connectivity index (χ0n) is 13.5. The van der Waals surface area contributed by atoms with Gasteiger partial charge in [-0.25, -0.2) is 48.3 Å². The van der Waals surface area contributed by atoms with Crippen molar-refractivity contribution in [2.24, 2.45) is 0 Å². The van der Waals surface area contributed by atoms with Gasteiger partial charge in [0.05, 0.1) is 11.1 Å². The Labute approximate surface area is 158 Å². The van der Waals surface area contributed by atoms with Gasteiger partial charge < -0.3 is 0 Å². The third kappa shape index (κ3) is 3.09. The number of benzene rings is 2. The van der Waals surface area contributed by atoms with Gasteiger partial charge in [0, 0.05) is 0 Å². The molecule has 0 aromatic heterocycles. The molecular formula is C15F16. The molecule has 0 saturated heterocycles. The molecule has 0 fully saturated rings. The lowest BCUT2D eigenvalue weighted by atomic mass is 9.80. The smallest absolute Gasteiger partial charge is 0.226 e.